The zero-order valence-electron chi connectivity index (χ0n) is 5.53. The van der Waals surface area contributed by atoms with Gasteiger partial charge in [0.05, 0.1) is 0 Å². The maximum atomic E-state index is 5.63. The summed E-state index contributed by atoms with van der Waals surface area (Å²) >= 11 is 3.21. The molecule has 0 bridgehead atoms. The Morgan fingerprint density at radius 2 is 2.36 bits per heavy atom. The van der Waals surface area contributed by atoms with Gasteiger partial charge in [-0.25, -0.2) is 4.98 Å². The van der Waals surface area contributed by atoms with Crippen molar-refractivity contribution in [3.63, 3.8) is 0 Å². The Balaban J connectivity index is 2.92. The Bertz CT molecular complexity index is 394. The molecule has 4 nitrogen and oxygen atoms in total. The highest BCUT2D eigenvalue weighted by Crippen LogP contribution is 2.17. The van der Waals surface area contributed by atoms with Gasteiger partial charge in [0.15, 0.2) is 16.1 Å². The van der Waals surface area contributed by atoms with Crippen LogP contribution >= 0.6 is 15.9 Å². The molecule has 0 amide bonds. The predicted molar refractivity (Wildman–Crippen MR) is 45.1 cm³/mol. The number of hydrogen-bond acceptors (Lipinski definition) is 3. The molecule has 2 rings (SSSR count). The molecule has 0 atom stereocenters. The van der Waals surface area contributed by atoms with E-state index in [9.17, 15) is 0 Å². The molecule has 2 aromatic rings. The average molecular weight is 213 g/mol. The van der Waals surface area contributed by atoms with Crippen molar-refractivity contribution in [2.75, 3.05) is 5.73 Å². The van der Waals surface area contributed by atoms with E-state index in [1.807, 2.05) is 12.1 Å². The SMILES string of the molecule is Nc1c(Br)nc2cccnn12. The Morgan fingerprint density at radius 1 is 1.55 bits per heavy atom. The standard InChI is InChI=1S/C6H5BrN4/c7-5-6(8)11-4(10-5)2-1-3-9-11/h1-3H,8H2. The largest absolute Gasteiger partial charge is 0.381 e. The number of halogens is 1. The lowest BCUT2D eigenvalue weighted by atomic mass is 10.6. The number of imidazole rings is 1. The minimum absolute atomic E-state index is 0.528. The number of rotatable bonds is 0. The molecule has 0 unspecified atom stereocenters. The van der Waals surface area contributed by atoms with Crippen LogP contribution in [0.4, 0.5) is 5.82 Å². The Kier molecular flexibility index (Phi) is 1.32. The highest BCUT2D eigenvalue weighted by Gasteiger charge is 2.04. The van der Waals surface area contributed by atoms with Gasteiger partial charge in [-0.2, -0.15) is 9.61 Å². The molecule has 0 aromatic carbocycles. The summed E-state index contributed by atoms with van der Waals surface area (Å²) in [7, 11) is 0. The molecule has 5 heteroatoms. The second kappa shape index (κ2) is 2.20. The number of aromatic nitrogens is 3. The van der Waals surface area contributed by atoms with Crippen molar-refractivity contribution in [2.45, 2.75) is 0 Å². The molecule has 0 spiro atoms. The summed E-state index contributed by atoms with van der Waals surface area (Å²) < 4.78 is 2.21. The third-order valence-electron chi connectivity index (χ3n) is 1.38. The van der Waals surface area contributed by atoms with Crippen LogP contribution in [-0.4, -0.2) is 14.6 Å². The number of fused-ring (bicyclic) bond motifs is 1. The quantitative estimate of drug-likeness (QED) is 0.712. The third-order valence-corrected chi connectivity index (χ3v) is 1.97. The highest BCUT2D eigenvalue weighted by atomic mass is 79.9. The summed E-state index contributed by atoms with van der Waals surface area (Å²) in [5, 5.41) is 4.00. The average Bonchev–Trinajstić information content (AvgIpc) is 2.30. The normalized spacial score (nSPS) is 10.6. The number of nitrogens with two attached hydrogens (primary N) is 1. The van der Waals surface area contributed by atoms with Gasteiger partial charge in [-0.1, -0.05) is 0 Å². The monoisotopic (exact) mass is 212 g/mol. The first-order valence-electron chi connectivity index (χ1n) is 3.04. The van der Waals surface area contributed by atoms with Crippen LogP contribution in [0.1, 0.15) is 0 Å². The second-order valence-corrected chi connectivity index (χ2v) is 2.83. The summed E-state index contributed by atoms with van der Waals surface area (Å²) in [6.07, 6.45) is 1.66. The van der Waals surface area contributed by atoms with Gasteiger partial charge in [0.2, 0.25) is 0 Å². The van der Waals surface area contributed by atoms with E-state index in [-0.39, 0.29) is 0 Å². The number of anilines is 1. The first-order valence-corrected chi connectivity index (χ1v) is 3.83. The lowest BCUT2D eigenvalue weighted by Crippen LogP contribution is -1.95. The molecule has 0 saturated heterocycles. The molecule has 0 aliphatic carbocycles. The Labute approximate surface area is 71.2 Å². The van der Waals surface area contributed by atoms with Gasteiger partial charge in [-0.05, 0) is 28.1 Å². The van der Waals surface area contributed by atoms with Crippen LogP contribution in [0.25, 0.3) is 5.65 Å². The van der Waals surface area contributed by atoms with Crippen molar-refractivity contribution >= 4 is 27.4 Å². The van der Waals surface area contributed by atoms with Crippen molar-refractivity contribution < 1.29 is 0 Å². The lowest BCUT2D eigenvalue weighted by Gasteiger charge is -1.90. The third kappa shape index (κ3) is 0.883. The smallest absolute Gasteiger partial charge is 0.160 e. The van der Waals surface area contributed by atoms with Crippen LogP contribution in [0.15, 0.2) is 22.9 Å². The molecule has 2 aromatic heterocycles. The molecule has 0 saturated carbocycles. The zero-order valence-corrected chi connectivity index (χ0v) is 7.12. The van der Waals surface area contributed by atoms with Crippen molar-refractivity contribution in [3.05, 3.63) is 22.9 Å². The molecule has 0 aliphatic rings. The maximum Gasteiger partial charge on any atom is 0.160 e. The van der Waals surface area contributed by atoms with Crippen LogP contribution in [0, 0.1) is 0 Å². The summed E-state index contributed by atoms with van der Waals surface area (Å²) in [4.78, 5) is 4.10. The summed E-state index contributed by atoms with van der Waals surface area (Å²) in [6.45, 7) is 0. The lowest BCUT2D eigenvalue weighted by molar-refractivity contribution is 0.945. The van der Waals surface area contributed by atoms with Gasteiger partial charge in [0.25, 0.3) is 0 Å². The fourth-order valence-electron chi connectivity index (χ4n) is 0.879. The van der Waals surface area contributed by atoms with E-state index in [1.165, 1.54) is 0 Å². The van der Waals surface area contributed by atoms with Crippen LogP contribution in [-0.2, 0) is 0 Å². The Morgan fingerprint density at radius 3 is 3.09 bits per heavy atom. The fraction of sp³-hybridized carbons (Fsp3) is 0. The topological polar surface area (TPSA) is 56.2 Å². The van der Waals surface area contributed by atoms with Crippen molar-refractivity contribution in [1.29, 1.82) is 0 Å². The summed E-state index contributed by atoms with van der Waals surface area (Å²) in [6, 6.07) is 3.66. The number of nitrogens with zero attached hydrogens (tertiary/aromatic N) is 3. The van der Waals surface area contributed by atoms with Gasteiger partial charge in [0, 0.05) is 6.20 Å². The van der Waals surface area contributed by atoms with Gasteiger partial charge in [-0.15, -0.1) is 0 Å². The maximum absolute atomic E-state index is 5.63. The van der Waals surface area contributed by atoms with E-state index in [0.29, 0.717) is 10.4 Å². The second-order valence-electron chi connectivity index (χ2n) is 2.08. The molecular formula is C6H5BrN4. The van der Waals surface area contributed by atoms with Gasteiger partial charge >= 0.3 is 0 Å². The number of nitrogen functional groups attached to an aromatic ring is 1. The molecule has 2 N–H and O–H groups in total. The minimum Gasteiger partial charge on any atom is -0.381 e. The van der Waals surface area contributed by atoms with E-state index in [0.717, 1.165) is 5.65 Å². The first kappa shape index (κ1) is 6.60. The molecule has 0 aliphatic heterocycles. The van der Waals surface area contributed by atoms with Crippen molar-refractivity contribution in [2.24, 2.45) is 0 Å². The predicted octanol–water partition coefficient (Wildman–Crippen LogP) is 1.07. The van der Waals surface area contributed by atoms with E-state index in [1.54, 1.807) is 10.7 Å². The van der Waals surface area contributed by atoms with Crippen LogP contribution in [0.5, 0.6) is 0 Å². The van der Waals surface area contributed by atoms with E-state index in [2.05, 4.69) is 26.0 Å². The van der Waals surface area contributed by atoms with E-state index in [4.69, 9.17) is 5.73 Å². The summed E-state index contributed by atoms with van der Waals surface area (Å²) in [5.74, 6) is 0.528. The highest BCUT2D eigenvalue weighted by molar-refractivity contribution is 9.10. The molecule has 11 heavy (non-hydrogen) atoms. The molecule has 56 valence electrons. The van der Waals surface area contributed by atoms with Crippen LogP contribution in [0.2, 0.25) is 0 Å². The van der Waals surface area contributed by atoms with Crippen LogP contribution < -0.4 is 5.73 Å². The van der Waals surface area contributed by atoms with E-state index >= 15 is 0 Å². The fourth-order valence-corrected chi connectivity index (χ4v) is 1.23. The van der Waals surface area contributed by atoms with Crippen LogP contribution in [0.3, 0.4) is 0 Å². The molecule has 0 fully saturated rings. The molecular weight excluding hydrogens is 208 g/mol. The van der Waals surface area contributed by atoms with Gasteiger partial charge in [-0.3, -0.25) is 0 Å². The van der Waals surface area contributed by atoms with Gasteiger partial charge in [0.1, 0.15) is 0 Å². The Hall–Kier alpha value is -1.10. The van der Waals surface area contributed by atoms with E-state index < -0.39 is 0 Å². The van der Waals surface area contributed by atoms with Gasteiger partial charge < -0.3 is 5.73 Å². The van der Waals surface area contributed by atoms with Crippen molar-refractivity contribution in [1.82, 2.24) is 14.6 Å². The number of hydrogen-bond donors (Lipinski definition) is 1. The first-order chi connectivity index (χ1) is 5.29. The minimum atomic E-state index is 0.528. The zero-order chi connectivity index (χ0) is 7.84. The summed E-state index contributed by atoms with van der Waals surface area (Å²) in [5.41, 5.74) is 6.38. The molecule has 0 radical (unpaired) electrons. The van der Waals surface area contributed by atoms with Crippen molar-refractivity contribution in [3.8, 4) is 0 Å². The molecule has 2 heterocycles.